The monoisotopic (exact) mass is 432 g/mol. The highest BCUT2D eigenvalue weighted by molar-refractivity contribution is 9.10. The van der Waals surface area contributed by atoms with Crippen LogP contribution < -0.4 is 21.7 Å². The SMILES string of the molecule is CC(C)NC(=O)[C@H]1CCC[C@H]1Nc1nc(Nc2ccc(N)cc2)ncc1Br. The number of hydrogen-bond acceptors (Lipinski definition) is 6. The zero-order valence-electron chi connectivity index (χ0n) is 15.5. The molecule has 1 aliphatic rings. The van der Waals surface area contributed by atoms with Crippen LogP contribution in [-0.2, 0) is 4.79 Å². The summed E-state index contributed by atoms with van der Waals surface area (Å²) in [5.41, 5.74) is 7.27. The average molecular weight is 433 g/mol. The van der Waals surface area contributed by atoms with Crippen molar-refractivity contribution in [3.63, 3.8) is 0 Å². The Morgan fingerprint density at radius 3 is 2.70 bits per heavy atom. The molecule has 5 N–H and O–H groups in total. The molecule has 0 unspecified atom stereocenters. The second-order valence-corrected chi connectivity index (χ2v) is 7.94. The minimum atomic E-state index is -0.0530. The molecule has 1 saturated carbocycles. The molecule has 1 amide bonds. The predicted octanol–water partition coefficient (Wildman–Crippen LogP) is 3.67. The number of carbonyl (C=O) groups excluding carboxylic acids is 1. The fraction of sp³-hybridized carbons (Fsp3) is 0.421. The first-order valence-electron chi connectivity index (χ1n) is 9.14. The third kappa shape index (κ3) is 5.09. The Hall–Kier alpha value is -2.35. The van der Waals surface area contributed by atoms with Crippen LogP contribution in [0.4, 0.5) is 23.1 Å². The zero-order valence-corrected chi connectivity index (χ0v) is 17.1. The van der Waals surface area contributed by atoms with Crippen LogP contribution in [0.2, 0.25) is 0 Å². The molecule has 7 nitrogen and oxygen atoms in total. The van der Waals surface area contributed by atoms with Gasteiger partial charge in [0.05, 0.1) is 10.4 Å². The van der Waals surface area contributed by atoms with Gasteiger partial charge in [-0.15, -0.1) is 0 Å². The summed E-state index contributed by atoms with van der Waals surface area (Å²) in [6.45, 7) is 3.96. The van der Waals surface area contributed by atoms with E-state index in [4.69, 9.17) is 5.73 Å². The number of halogens is 1. The van der Waals surface area contributed by atoms with Crippen LogP contribution >= 0.6 is 15.9 Å². The van der Waals surface area contributed by atoms with Crippen molar-refractivity contribution in [1.82, 2.24) is 15.3 Å². The van der Waals surface area contributed by atoms with Gasteiger partial charge in [-0.2, -0.15) is 4.98 Å². The smallest absolute Gasteiger partial charge is 0.229 e. The van der Waals surface area contributed by atoms with Gasteiger partial charge in [0.1, 0.15) is 5.82 Å². The Balaban J connectivity index is 1.72. The Morgan fingerprint density at radius 1 is 1.26 bits per heavy atom. The minimum absolute atomic E-state index is 0.0530. The van der Waals surface area contributed by atoms with Gasteiger partial charge in [-0.25, -0.2) is 4.98 Å². The molecule has 144 valence electrons. The van der Waals surface area contributed by atoms with Crippen molar-refractivity contribution < 1.29 is 4.79 Å². The van der Waals surface area contributed by atoms with Gasteiger partial charge in [0.25, 0.3) is 0 Å². The number of amides is 1. The Labute approximate surface area is 167 Å². The topological polar surface area (TPSA) is 105 Å². The maximum Gasteiger partial charge on any atom is 0.229 e. The van der Waals surface area contributed by atoms with Gasteiger partial charge in [-0.05, 0) is 66.9 Å². The van der Waals surface area contributed by atoms with E-state index in [1.54, 1.807) is 6.20 Å². The summed E-state index contributed by atoms with van der Waals surface area (Å²) in [5, 5.41) is 9.61. The van der Waals surface area contributed by atoms with Crippen LogP contribution in [0, 0.1) is 5.92 Å². The van der Waals surface area contributed by atoms with Gasteiger partial charge in [0.2, 0.25) is 11.9 Å². The van der Waals surface area contributed by atoms with Gasteiger partial charge >= 0.3 is 0 Å². The van der Waals surface area contributed by atoms with Crippen molar-refractivity contribution in [3.05, 3.63) is 34.9 Å². The summed E-state index contributed by atoms with van der Waals surface area (Å²) >= 11 is 3.50. The van der Waals surface area contributed by atoms with Crippen LogP contribution in [0.15, 0.2) is 34.9 Å². The fourth-order valence-corrected chi connectivity index (χ4v) is 3.54. The maximum absolute atomic E-state index is 12.5. The lowest BCUT2D eigenvalue weighted by molar-refractivity contribution is -0.125. The van der Waals surface area contributed by atoms with Crippen molar-refractivity contribution in [2.24, 2.45) is 5.92 Å². The molecule has 0 radical (unpaired) electrons. The highest BCUT2D eigenvalue weighted by Crippen LogP contribution is 2.31. The first kappa shape index (κ1) is 19.4. The number of hydrogen-bond donors (Lipinski definition) is 4. The molecular formula is C19H25BrN6O. The van der Waals surface area contributed by atoms with Crippen molar-refractivity contribution in [2.75, 3.05) is 16.4 Å². The normalized spacial score (nSPS) is 19.1. The summed E-state index contributed by atoms with van der Waals surface area (Å²) in [5.74, 6) is 1.21. The first-order valence-corrected chi connectivity index (χ1v) is 9.93. The Kier molecular flexibility index (Phi) is 6.15. The zero-order chi connectivity index (χ0) is 19.4. The lowest BCUT2D eigenvalue weighted by Gasteiger charge is -2.22. The van der Waals surface area contributed by atoms with Gasteiger partial charge in [0.15, 0.2) is 0 Å². The van der Waals surface area contributed by atoms with Crippen molar-refractivity contribution >= 4 is 45.0 Å². The number of nitrogens with zero attached hydrogens (tertiary/aromatic N) is 2. The molecule has 3 rings (SSSR count). The molecule has 1 heterocycles. The van der Waals surface area contributed by atoms with Gasteiger partial charge < -0.3 is 21.7 Å². The fourth-order valence-electron chi connectivity index (χ4n) is 3.24. The highest BCUT2D eigenvalue weighted by Gasteiger charge is 2.33. The van der Waals surface area contributed by atoms with Crippen LogP contribution in [0.5, 0.6) is 0 Å². The Bertz CT molecular complexity index is 795. The predicted molar refractivity (Wildman–Crippen MR) is 112 cm³/mol. The molecule has 0 spiro atoms. The van der Waals surface area contributed by atoms with Gasteiger partial charge in [0, 0.05) is 29.7 Å². The standard InChI is InChI=1S/C19H25BrN6O/c1-11(2)23-18(27)14-4-3-5-16(14)25-17-15(20)10-22-19(26-17)24-13-8-6-12(21)7-9-13/h6-11,14,16H,3-5,21H2,1-2H3,(H,23,27)(H2,22,24,25,26)/t14-,16+/m0/s1. The Morgan fingerprint density at radius 2 is 2.00 bits per heavy atom. The number of aromatic nitrogens is 2. The number of rotatable bonds is 6. The maximum atomic E-state index is 12.5. The average Bonchev–Trinajstić information content (AvgIpc) is 3.07. The van der Waals surface area contributed by atoms with E-state index in [-0.39, 0.29) is 23.9 Å². The number of anilines is 4. The molecule has 1 aromatic heterocycles. The molecule has 2 atom stereocenters. The van der Waals surface area contributed by atoms with Crippen molar-refractivity contribution in [1.29, 1.82) is 0 Å². The molecule has 8 heteroatoms. The largest absolute Gasteiger partial charge is 0.399 e. The van der Waals surface area contributed by atoms with Gasteiger partial charge in [-0.1, -0.05) is 6.42 Å². The van der Waals surface area contributed by atoms with Crippen molar-refractivity contribution in [2.45, 2.75) is 45.2 Å². The molecule has 2 aromatic rings. The molecule has 1 fully saturated rings. The third-order valence-electron chi connectivity index (χ3n) is 4.52. The van der Waals surface area contributed by atoms with E-state index in [0.29, 0.717) is 17.5 Å². The van der Waals surface area contributed by atoms with E-state index in [0.717, 1.165) is 29.4 Å². The number of carbonyl (C=O) groups is 1. The number of nitrogen functional groups attached to an aromatic ring is 1. The lowest BCUT2D eigenvalue weighted by atomic mass is 10.0. The summed E-state index contributed by atoms with van der Waals surface area (Å²) in [6.07, 6.45) is 4.54. The molecule has 0 bridgehead atoms. The molecule has 27 heavy (non-hydrogen) atoms. The quantitative estimate of drug-likeness (QED) is 0.519. The van der Waals surface area contributed by atoms with E-state index >= 15 is 0 Å². The van der Waals surface area contributed by atoms with E-state index in [1.807, 2.05) is 38.1 Å². The second kappa shape index (κ2) is 8.56. The van der Waals surface area contributed by atoms with Crippen LogP contribution in [0.3, 0.4) is 0 Å². The van der Waals surface area contributed by atoms with E-state index in [9.17, 15) is 4.79 Å². The lowest BCUT2D eigenvalue weighted by Crippen LogP contribution is -2.41. The van der Waals surface area contributed by atoms with E-state index < -0.39 is 0 Å². The van der Waals surface area contributed by atoms with E-state index in [1.165, 1.54) is 0 Å². The summed E-state index contributed by atoms with van der Waals surface area (Å²) in [7, 11) is 0. The molecule has 0 aliphatic heterocycles. The minimum Gasteiger partial charge on any atom is -0.399 e. The van der Waals surface area contributed by atoms with Crippen LogP contribution in [-0.4, -0.2) is 28.0 Å². The molecular weight excluding hydrogens is 408 g/mol. The van der Waals surface area contributed by atoms with E-state index in [2.05, 4.69) is 41.8 Å². The van der Waals surface area contributed by atoms with Gasteiger partial charge in [-0.3, -0.25) is 4.79 Å². The molecule has 1 aromatic carbocycles. The molecule has 0 saturated heterocycles. The number of benzene rings is 1. The first-order chi connectivity index (χ1) is 12.9. The van der Waals surface area contributed by atoms with Crippen LogP contribution in [0.1, 0.15) is 33.1 Å². The summed E-state index contributed by atoms with van der Waals surface area (Å²) < 4.78 is 0.764. The highest BCUT2D eigenvalue weighted by atomic mass is 79.9. The molecule has 1 aliphatic carbocycles. The van der Waals surface area contributed by atoms with Crippen molar-refractivity contribution in [3.8, 4) is 0 Å². The second-order valence-electron chi connectivity index (χ2n) is 7.09. The summed E-state index contributed by atoms with van der Waals surface area (Å²) in [4.78, 5) is 21.3. The van der Waals surface area contributed by atoms with Crippen LogP contribution in [0.25, 0.3) is 0 Å². The third-order valence-corrected chi connectivity index (χ3v) is 5.10. The number of nitrogens with one attached hydrogen (secondary N) is 3. The summed E-state index contributed by atoms with van der Waals surface area (Å²) in [6, 6.07) is 7.57. The number of nitrogens with two attached hydrogens (primary N) is 1.